The van der Waals surface area contributed by atoms with E-state index in [1.165, 1.54) is 0 Å². The van der Waals surface area contributed by atoms with Crippen molar-refractivity contribution in [3.8, 4) is 5.69 Å². The number of ether oxygens (including phenoxy) is 1. The van der Waals surface area contributed by atoms with Gasteiger partial charge in [0.1, 0.15) is 18.7 Å². The van der Waals surface area contributed by atoms with Gasteiger partial charge in [0.25, 0.3) is 5.91 Å². The molecule has 2 heterocycles. The van der Waals surface area contributed by atoms with Crippen LogP contribution in [0.25, 0.3) is 5.69 Å². The number of hydrogen-bond acceptors (Lipinski definition) is 5. The number of rotatable bonds is 5. The van der Waals surface area contributed by atoms with Gasteiger partial charge in [-0.15, -0.1) is 0 Å². The van der Waals surface area contributed by atoms with Gasteiger partial charge < -0.3 is 10.1 Å². The number of hydrogen-bond donors (Lipinski definition) is 1. The van der Waals surface area contributed by atoms with Crippen LogP contribution in [-0.2, 0) is 20.9 Å². The van der Waals surface area contributed by atoms with E-state index >= 15 is 0 Å². The second-order valence-electron chi connectivity index (χ2n) is 7.72. The number of aromatic nitrogens is 2. The Bertz CT molecular complexity index is 909. The average Bonchev–Trinajstić information content (AvgIpc) is 3.33. The lowest BCUT2D eigenvalue weighted by Crippen LogP contribution is -2.54. The highest BCUT2D eigenvalue weighted by atomic mass is 16.5. The summed E-state index contributed by atoms with van der Waals surface area (Å²) in [5.74, 6) is -0.859. The molecule has 4 rings (SSSR count). The molecule has 0 unspecified atom stereocenters. The second kappa shape index (κ2) is 7.69. The normalized spacial score (nSPS) is 24.0. The van der Waals surface area contributed by atoms with Crippen molar-refractivity contribution in [2.45, 2.75) is 44.8 Å². The smallest absolute Gasteiger partial charge is 0.326 e. The Morgan fingerprint density at radius 1 is 1.28 bits per heavy atom. The van der Waals surface area contributed by atoms with Crippen LogP contribution in [0, 0.1) is 5.92 Å². The number of carbonyl (C=O) groups is 3. The highest BCUT2D eigenvalue weighted by Gasteiger charge is 2.55. The molecule has 2 aromatic rings. The average molecular weight is 396 g/mol. The molecule has 1 aromatic carbocycles. The first-order valence-electron chi connectivity index (χ1n) is 9.88. The SMILES string of the molecule is C[C@@H]1CCCC[C@]12NC(=O)N(CC(=O)OCc1ccc(-n3cccn3)cc1)C2=O. The quantitative estimate of drug-likeness (QED) is 0.619. The molecule has 8 nitrogen and oxygen atoms in total. The van der Waals surface area contributed by atoms with Gasteiger partial charge in [-0.1, -0.05) is 31.9 Å². The third-order valence-electron chi connectivity index (χ3n) is 5.89. The van der Waals surface area contributed by atoms with Crippen LogP contribution in [0.2, 0.25) is 0 Å². The second-order valence-corrected chi connectivity index (χ2v) is 7.72. The fraction of sp³-hybridized carbons (Fsp3) is 0.429. The molecule has 152 valence electrons. The molecule has 2 aliphatic rings. The zero-order chi connectivity index (χ0) is 20.4. The fourth-order valence-corrected chi connectivity index (χ4v) is 4.14. The highest BCUT2D eigenvalue weighted by Crippen LogP contribution is 2.38. The molecule has 3 amide bonds. The number of nitrogens with zero attached hydrogens (tertiary/aromatic N) is 3. The molecule has 1 saturated carbocycles. The van der Waals surface area contributed by atoms with Crippen molar-refractivity contribution in [1.82, 2.24) is 20.0 Å². The Morgan fingerprint density at radius 2 is 2.07 bits per heavy atom. The van der Waals surface area contributed by atoms with Crippen molar-refractivity contribution in [2.24, 2.45) is 5.92 Å². The van der Waals surface area contributed by atoms with Crippen LogP contribution in [0.1, 0.15) is 38.2 Å². The van der Waals surface area contributed by atoms with Gasteiger partial charge in [-0.05, 0) is 42.5 Å². The number of nitrogens with one attached hydrogen (secondary N) is 1. The lowest BCUT2D eigenvalue weighted by molar-refractivity contribution is -0.149. The zero-order valence-electron chi connectivity index (χ0n) is 16.3. The molecule has 2 fully saturated rings. The Hall–Kier alpha value is -3.16. The number of amides is 3. The topological polar surface area (TPSA) is 93.5 Å². The largest absolute Gasteiger partial charge is 0.459 e. The summed E-state index contributed by atoms with van der Waals surface area (Å²) in [7, 11) is 0. The fourth-order valence-electron chi connectivity index (χ4n) is 4.14. The summed E-state index contributed by atoms with van der Waals surface area (Å²) >= 11 is 0. The van der Waals surface area contributed by atoms with Crippen molar-refractivity contribution >= 4 is 17.9 Å². The Morgan fingerprint density at radius 3 is 2.76 bits per heavy atom. The van der Waals surface area contributed by atoms with Crippen LogP contribution in [0.15, 0.2) is 42.7 Å². The summed E-state index contributed by atoms with van der Waals surface area (Å²) in [6, 6.07) is 8.77. The molecule has 2 atom stereocenters. The van der Waals surface area contributed by atoms with Crippen LogP contribution in [0.5, 0.6) is 0 Å². The minimum absolute atomic E-state index is 0.0574. The van der Waals surface area contributed by atoms with E-state index in [9.17, 15) is 14.4 Å². The molecule has 29 heavy (non-hydrogen) atoms. The first-order chi connectivity index (χ1) is 14.0. The van der Waals surface area contributed by atoms with E-state index in [0.717, 1.165) is 35.4 Å². The van der Waals surface area contributed by atoms with Crippen LogP contribution >= 0.6 is 0 Å². The number of benzene rings is 1. The summed E-state index contributed by atoms with van der Waals surface area (Å²) in [4.78, 5) is 38.5. The Balaban J connectivity index is 1.34. The molecule has 0 bridgehead atoms. The summed E-state index contributed by atoms with van der Waals surface area (Å²) in [5, 5.41) is 7.00. The Labute approximate surface area is 168 Å². The van der Waals surface area contributed by atoms with Crippen LogP contribution in [0.4, 0.5) is 4.79 Å². The molecule has 1 N–H and O–H groups in total. The summed E-state index contributed by atoms with van der Waals surface area (Å²) in [6.45, 7) is 1.68. The molecule has 8 heteroatoms. The molecule has 1 saturated heterocycles. The minimum Gasteiger partial charge on any atom is -0.459 e. The van der Waals surface area contributed by atoms with E-state index in [-0.39, 0.29) is 25.0 Å². The zero-order valence-corrected chi connectivity index (χ0v) is 16.3. The van der Waals surface area contributed by atoms with Crippen LogP contribution in [-0.4, -0.2) is 44.7 Å². The number of urea groups is 1. The van der Waals surface area contributed by atoms with Crippen molar-refractivity contribution in [2.75, 3.05) is 6.54 Å². The van der Waals surface area contributed by atoms with Gasteiger partial charge in [-0.2, -0.15) is 5.10 Å². The summed E-state index contributed by atoms with van der Waals surface area (Å²) in [5.41, 5.74) is 0.845. The third kappa shape index (κ3) is 3.62. The van der Waals surface area contributed by atoms with Gasteiger partial charge in [-0.3, -0.25) is 14.5 Å². The molecular weight excluding hydrogens is 372 g/mol. The van der Waals surface area contributed by atoms with Gasteiger partial charge in [0, 0.05) is 12.4 Å². The van der Waals surface area contributed by atoms with E-state index in [4.69, 9.17) is 4.74 Å². The summed E-state index contributed by atoms with van der Waals surface area (Å²) in [6.07, 6.45) is 6.99. The van der Waals surface area contributed by atoms with E-state index in [2.05, 4.69) is 10.4 Å². The Kier molecular flexibility index (Phi) is 5.08. The monoisotopic (exact) mass is 396 g/mol. The third-order valence-corrected chi connectivity index (χ3v) is 5.89. The van der Waals surface area contributed by atoms with Crippen molar-refractivity contribution in [3.05, 3.63) is 48.3 Å². The first kappa shape index (κ1) is 19.2. The lowest BCUT2D eigenvalue weighted by Gasteiger charge is -2.36. The van der Waals surface area contributed by atoms with Crippen molar-refractivity contribution in [1.29, 1.82) is 0 Å². The molecule has 1 aliphatic carbocycles. The van der Waals surface area contributed by atoms with Gasteiger partial charge in [-0.25, -0.2) is 9.48 Å². The number of carbonyl (C=O) groups excluding carboxylic acids is 3. The summed E-state index contributed by atoms with van der Waals surface area (Å²) < 4.78 is 7.02. The van der Waals surface area contributed by atoms with Crippen LogP contribution < -0.4 is 5.32 Å². The number of imide groups is 1. The molecule has 0 radical (unpaired) electrons. The van der Waals surface area contributed by atoms with E-state index < -0.39 is 17.5 Å². The van der Waals surface area contributed by atoms with Crippen molar-refractivity contribution in [3.63, 3.8) is 0 Å². The maximum atomic E-state index is 12.9. The maximum absolute atomic E-state index is 12.9. The minimum atomic E-state index is -0.863. The van der Waals surface area contributed by atoms with E-state index in [0.29, 0.717) is 6.42 Å². The molecule has 1 aliphatic heterocycles. The van der Waals surface area contributed by atoms with E-state index in [1.807, 2.05) is 43.5 Å². The number of esters is 1. The van der Waals surface area contributed by atoms with Crippen LogP contribution in [0.3, 0.4) is 0 Å². The van der Waals surface area contributed by atoms with Gasteiger partial charge in [0.05, 0.1) is 5.69 Å². The standard InChI is InChI=1S/C21H24N4O4/c1-15-5-2-3-10-21(15)19(27)24(20(28)23-21)13-18(26)29-14-16-6-8-17(9-7-16)25-12-4-11-22-25/h4,6-9,11-12,15H,2-3,5,10,13-14H2,1H3,(H,23,28)/t15-,21+/m1/s1. The predicted molar refractivity (Wildman–Crippen MR) is 104 cm³/mol. The predicted octanol–water partition coefficient (Wildman–Crippen LogP) is 2.42. The highest BCUT2D eigenvalue weighted by molar-refractivity contribution is 6.08. The lowest BCUT2D eigenvalue weighted by atomic mass is 9.73. The molecule has 1 spiro atoms. The van der Waals surface area contributed by atoms with Crippen molar-refractivity contribution < 1.29 is 19.1 Å². The van der Waals surface area contributed by atoms with Gasteiger partial charge >= 0.3 is 12.0 Å². The van der Waals surface area contributed by atoms with E-state index in [1.54, 1.807) is 10.9 Å². The van der Waals surface area contributed by atoms with Gasteiger partial charge in [0.15, 0.2) is 0 Å². The van der Waals surface area contributed by atoms with Gasteiger partial charge in [0.2, 0.25) is 0 Å². The maximum Gasteiger partial charge on any atom is 0.326 e. The molecular formula is C21H24N4O4. The first-order valence-corrected chi connectivity index (χ1v) is 9.88. The molecule has 1 aromatic heterocycles.